The molecule has 0 radical (unpaired) electrons. The second-order valence-electron chi connectivity index (χ2n) is 3.86. The minimum absolute atomic E-state index is 0.0243. The van der Waals surface area contributed by atoms with E-state index in [-0.39, 0.29) is 16.3 Å². The van der Waals surface area contributed by atoms with Gasteiger partial charge in [0.05, 0.1) is 10.6 Å². The smallest absolute Gasteiger partial charge is 0.491 e. The number of alkyl halides is 3. The molecule has 1 aromatic rings. The van der Waals surface area contributed by atoms with E-state index in [2.05, 4.69) is 20.7 Å². The van der Waals surface area contributed by atoms with Crippen LogP contribution >= 0.6 is 15.9 Å². The molecule has 0 N–H and O–H groups in total. The molecular weight excluding hydrogens is 313 g/mol. The predicted octanol–water partition coefficient (Wildman–Crippen LogP) is 4.92. The van der Waals surface area contributed by atoms with E-state index in [0.29, 0.717) is 5.75 Å². The zero-order chi connectivity index (χ0) is 13.8. The molecule has 1 unspecified atom stereocenters. The van der Waals surface area contributed by atoms with Gasteiger partial charge in [0, 0.05) is 0 Å². The SMILES string of the molecule is CCCC(C)Oc1ccc(OC(F)(F)F)c(Br)c1. The lowest BCUT2D eigenvalue weighted by Crippen LogP contribution is -2.17. The van der Waals surface area contributed by atoms with E-state index in [4.69, 9.17) is 4.74 Å². The Balaban J connectivity index is 2.73. The maximum Gasteiger partial charge on any atom is 0.573 e. The lowest BCUT2D eigenvalue weighted by atomic mass is 10.2. The third-order valence-electron chi connectivity index (χ3n) is 2.16. The lowest BCUT2D eigenvalue weighted by molar-refractivity contribution is -0.274. The lowest BCUT2D eigenvalue weighted by Gasteiger charge is -2.15. The Kier molecular flexibility index (Phi) is 5.31. The summed E-state index contributed by atoms with van der Waals surface area (Å²) in [7, 11) is 0. The van der Waals surface area contributed by atoms with Gasteiger partial charge >= 0.3 is 6.36 Å². The van der Waals surface area contributed by atoms with Crippen LogP contribution in [-0.4, -0.2) is 12.5 Å². The molecule has 0 saturated carbocycles. The molecule has 0 heterocycles. The molecule has 1 aromatic carbocycles. The van der Waals surface area contributed by atoms with Crippen LogP contribution in [0.25, 0.3) is 0 Å². The molecule has 0 spiro atoms. The largest absolute Gasteiger partial charge is 0.573 e. The first-order valence-electron chi connectivity index (χ1n) is 5.53. The van der Waals surface area contributed by atoms with Gasteiger partial charge in [0.15, 0.2) is 0 Å². The van der Waals surface area contributed by atoms with Crippen LogP contribution in [0.5, 0.6) is 11.5 Å². The first-order valence-corrected chi connectivity index (χ1v) is 6.33. The van der Waals surface area contributed by atoms with E-state index in [1.165, 1.54) is 18.2 Å². The molecule has 0 aliphatic heterocycles. The quantitative estimate of drug-likeness (QED) is 0.765. The minimum Gasteiger partial charge on any atom is -0.491 e. The average molecular weight is 327 g/mol. The molecule has 6 heteroatoms. The second-order valence-corrected chi connectivity index (χ2v) is 4.71. The molecule has 0 saturated heterocycles. The molecule has 0 aromatic heterocycles. The molecule has 0 amide bonds. The predicted molar refractivity (Wildman–Crippen MR) is 65.8 cm³/mol. The maximum absolute atomic E-state index is 12.1. The molecular formula is C12H14BrF3O2. The summed E-state index contributed by atoms with van der Waals surface area (Å²) in [5, 5.41) is 0. The highest BCUT2D eigenvalue weighted by atomic mass is 79.9. The van der Waals surface area contributed by atoms with Gasteiger partial charge in [0.1, 0.15) is 11.5 Å². The zero-order valence-electron chi connectivity index (χ0n) is 10.1. The van der Waals surface area contributed by atoms with Crippen LogP contribution in [0, 0.1) is 0 Å². The van der Waals surface area contributed by atoms with Crippen molar-refractivity contribution in [2.24, 2.45) is 0 Å². The standard InChI is InChI=1S/C12H14BrF3O2/c1-3-4-8(2)17-9-5-6-11(10(13)7-9)18-12(14,15)16/h5-8H,3-4H2,1-2H3. The highest BCUT2D eigenvalue weighted by Gasteiger charge is 2.32. The Morgan fingerprint density at radius 3 is 2.50 bits per heavy atom. The van der Waals surface area contributed by atoms with Crippen molar-refractivity contribution in [3.8, 4) is 11.5 Å². The summed E-state index contributed by atoms with van der Waals surface area (Å²) in [6, 6.07) is 4.15. The van der Waals surface area contributed by atoms with E-state index in [0.717, 1.165) is 12.8 Å². The molecule has 102 valence electrons. The van der Waals surface area contributed by atoms with Crippen LogP contribution in [0.4, 0.5) is 13.2 Å². The third kappa shape index (κ3) is 5.16. The van der Waals surface area contributed by atoms with Crippen molar-refractivity contribution in [3.05, 3.63) is 22.7 Å². The van der Waals surface area contributed by atoms with Gasteiger partial charge < -0.3 is 9.47 Å². The summed E-state index contributed by atoms with van der Waals surface area (Å²) in [5.41, 5.74) is 0. The van der Waals surface area contributed by atoms with Crippen molar-refractivity contribution < 1.29 is 22.6 Å². The minimum atomic E-state index is -4.69. The number of hydrogen-bond acceptors (Lipinski definition) is 2. The molecule has 1 atom stereocenters. The van der Waals surface area contributed by atoms with Gasteiger partial charge in [-0.15, -0.1) is 13.2 Å². The fourth-order valence-electron chi connectivity index (χ4n) is 1.46. The fraction of sp³-hybridized carbons (Fsp3) is 0.500. The number of benzene rings is 1. The van der Waals surface area contributed by atoms with Gasteiger partial charge in [0.2, 0.25) is 0 Å². The third-order valence-corrected chi connectivity index (χ3v) is 2.78. The van der Waals surface area contributed by atoms with Crippen LogP contribution in [0.15, 0.2) is 22.7 Å². The monoisotopic (exact) mass is 326 g/mol. The van der Waals surface area contributed by atoms with Crippen LogP contribution < -0.4 is 9.47 Å². The van der Waals surface area contributed by atoms with Gasteiger partial charge in [-0.05, 0) is 47.5 Å². The Morgan fingerprint density at radius 2 is 2.00 bits per heavy atom. The normalized spacial score (nSPS) is 13.2. The summed E-state index contributed by atoms with van der Waals surface area (Å²) in [5.74, 6) is 0.232. The maximum atomic E-state index is 12.1. The number of ether oxygens (including phenoxy) is 2. The summed E-state index contributed by atoms with van der Waals surface area (Å²) >= 11 is 3.02. The van der Waals surface area contributed by atoms with Crippen LogP contribution in [-0.2, 0) is 0 Å². The van der Waals surface area contributed by atoms with E-state index in [1.807, 2.05) is 13.8 Å². The van der Waals surface area contributed by atoms with E-state index >= 15 is 0 Å². The number of halogens is 4. The summed E-state index contributed by atoms with van der Waals surface area (Å²) in [6.45, 7) is 3.95. The van der Waals surface area contributed by atoms with Gasteiger partial charge in [-0.3, -0.25) is 0 Å². The molecule has 0 aliphatic rings. The van der Waals surface area contributed by atoms with Gasteiger partial charge in [-0.2, -0.15) is 0 Å². The van der Waals surface area contributed by atoms with E-state index in [9.17, 15) is 13.2 Å². The Bertz CT molecular complexity index is 393. The second kappa shape index (κ2) is 6.31. The fourth-order valence-corrected chi connectivity index (χ4v) is 1.90. The summed E-state index contributed by atoms with van der Waals surface area (Å²) in [4.78, 5) is 0. The van der Waals surface area contributed by atoms with Crippen molar-refractivity contribution in [1.82, 2.24) is 0 Å². The molecule has 0 fully saturated rings. The number of rotatable bonds is 5. The summed E-state index contributed by atoms with van der Waals surface area (Å²) in [6.07, 6.45) is -2.80. The van der Waals surface area contributed by atoms with Crippen LogP contribution in [0.2, 0.25) is 0 Å². The van der Waals surface area contributed by atoms with Gasteiger partial charge in [-0.1, -0.05) is 13.3 Å². The summed E-state index contributed by atoms with van der Waals surface area (Å²) < 4.78 is 45.8. The van der Waals surface area contributed by atoms with E-state index < -0.39 is 6.36 Å². The van der Waals surface area contributed by atoms with Gasteiger partial charge in [0.25, 0.3) is 0 Å². The molecule has 0 bridgehead atoms. The molecule has 2 nitrogen and oxygen atoms in total. The molecule has 1 rings (SSSR count). The Morgan fingerprint density at radius 1 is 1.33 bits per heavy atom. The Hall–Kier alpha value is -0.910. The van der Waals surface area contributed by atoms with Gasteiger partial charge in [-0.25, -0.2) is 0 Å². The first kappa shape index (κ1) is 15.1. The van der Waals surface area contributed by atoms with Crippen LogP contribution in [0.3, 0.4) is 0 Å². The van der Waals surface area contributed by atoms with Crippen molar-refractivity contribution in [1.29, 1.82) is 0 Å². The molecule has 18 heavy (non-hydrogen) atoms. The highest BCUT2D eigenvalue weighted by molar-refractivity contribution is 9.10. The van der Waals surface area contributed by atoms with Crippen molar-refractivity contribution in [2.75, 3.05) is 0 Å². The average Bonchev–Trinajstić information content (AvgIpc) is 2.21. The number of hydrogen-bond donors (Lipinski definition) is 0. The van der Waals surface area contributed by atoms with Crippen LogP contribution in [0.1, 0.15) is 26.7 Å². The van der Waals surface area contributed by atoms with Crippen molar-refractivity contribution in [3.63, 3.8) is 0 Å². The van der Waals surface area contributed by atoms with E-state index in [1.54, 1.807) is 0 Å². The van der Waals surface area contributed by atoms with Crippen molar-refractivity contribution >= 4 is 15.9 Å². The van der Waals surface area contributed by atoms with Crippen molar-refractivity contribution in [2.45, 2.75) is 39.2 Å². The topological polar surface area (TPSA) is 18.5 Å². The highest BCUT2D eigenvalue weighted by Crippen LogP contribution is 2.33. The molecule has 0 aliphatic carbocycles. The zero-order valence-corrected chi connectivity index (χ0v) is 11.6. The Labute approximate surface area is 112 Å². The first-order chi connectivity index (χ1) is 8.31.